The van der Waals surface area contributed by atoms with Crippen molar-refractivity contribution < 1.29 is 19.0 Å². The van der Waals surface area contributed by atoms with Gasteiger partial charge in [-0.3, -0.25) is 0 Å². The van der Waals surface area contributed by atoms with Crippen LogP contribution in [-0.4, -0.2) is 49.4 Å². The van der Waals surface area contributed by atoms with Crippen LogP contribution in [0.4, 0.5) is 0 Å². The summed E-state index contributed by atoms with van der Waals surface area (Å²) in [6.45, 7) is 3.55. The number of nitrogens with two attached hydrogens (primary N) is 3. The second kappa shape index (κ2) is 8.72. The van der Waals surface area contributed by atoms with Gasteiger partial charge in [-0.25, -0.2) is 4.79 Å². The fraction of sp³-hybridized carbons (Fsp3) is 0.421. The molecule has 0 amide bonds. The summed E-state index contributed by atoms with van der Waals surface area (Å²) >= 11 is 5.87. The first-order valence-electron chi connectivity index (χ1n) is 9.05. The Morgan fingerprint density at radius 3 is 2.61 bits per heavy atom. The van der Waals surface area contributed by atoms with Crippen molar-refractivity contribution in [2.75, 3.05) is 26.4 Å². The minimum absolute atomic E-state index is 0.0422. The van der Waals surface area contributed by atoms with Gasteiger partial charge in [0.1, 0.15) is 23.2 Å². The van der Waals surface area contributed by atoms with Crippen LogP contribution in [0.5, 0.6) is 0 Å². The van der Waals surface area contributed by atoms with E-state index in [1.165, 1.54) is 0 Å². The van der Waals surface area contributed by atoms with E-state index in [9.17, 15) is 4.79 Å². The van der Waals surface area contributed by atoms with Crippen LogP contribution in [0.3, 0.4) is 0 Å². The van der Waals surface area contributed by atoms with Gasteiger partial charge in [-0.15, -0.1) is 0 Å². The molecule has 0 spiro atoms. The molecule has 3 unspecified atom stereocenters. The third kappa shape index (κ3) is 4.35. The second-order valence-corrected chi connectivity index (χ2v) is 7.07. The molecule has 2 saturated heterocycles. The molecule has 1 aromatic carbocycles. The van der Waals surface area contributed by atoms with Crippen molar-refractivity contribution in [3.63, 3.8) is 0 Å². The van der Waals surface area contributed by atoms with Crippen LogP contribution in [-0.2, 0) is 14.2 Å². The number of morpholine rings is 1. The molecule has 6 N–H and O–H groups in total. The zero-order valence-corrected chi connectivity index (χ0v) is 16.4. The lowest BCUT2D eigenvalue weighted by Crippen LogP contribution is -2.51. The van der Waals surface area contributed by atoms with Gasteiger partial charge in [-0.05, 0) is 30.7 Å². The average Bonchev–Trinajstić information content (AvgIpc) is 3.14. The maximum absolute atomic E-state index is 11.9. The molecule has 0 bridgehead atoms. The quantitative estimate of drug-likeness (QED) is 0.376. The first-order valence-corrected chi connectivity index (χ1v) is 9.43. The molecule has 1 aromatic rings. The molecule has 152 valence electrons. The van der Waals surface area contributed by atoms with Crippen molar-refractivity contribution in [2.24, 2.45) is 17.2 Å². The van der Waals surface area contributed by atoms with Crippen LogP contribution >= 0.6 is 11.6 Å². The summed E-state index contributed by atoms with van der Waals surface area (Å²) in [5.41, 5.74) is 19.4. The van der Waals surface area contributed by atoms with Crippen molar-refractivity contribution in [3.8, 4) is 0 Å². The summed E-state index contributed by atoms with van der Waals surface area (Å²) in [6, 6.07) is 7.11. The van der Waals surface area contributed by atoms with Crippen LogP contribution in [0.25, 0.3) is 0 Å². The molecule has 0 aromatic heterocycles. The fourth-order valence-electron chi connectivity index (χ4n) is 3.48. The van der Waals surface area contributed by atoms with Crippen LogP contribution in [0, 0.1) is 0 Å². The smallest absolute Gasteiger partial charge is 0.338 e. The molecule has 3 rings (SSSR count). The molecule has 8 nitrogen and oxygen atoms in total. The lowest BCUT2D eigenvalue weighted by atomic mass is 10.0. The minimum atomic E-state index is -0.353. The van der Waals surface area contributed by atoms with Crippen LogP contribution in [0.2, 0.25) is 0 Å². The number of fused-ring (bicyclic) bond motifs is 1. The largest absolute Gasteiger partial charge is 0.462 e. The minimum Gasteiger partial charge on any atom is -0.462 e. The molecule has 28 heavy (non-hydrogen) atoms. The van der Waals surface area contributed by atoms with E-state index in [-0.39, 0.29) is 35.2 Å². The monoisotopic (exact) mass is 408 g/mol. The molecule has 9 heteroatoms. The number of esters is 1. The third-order valence-electron chi connectivity index (χ3n) is 4.78. The molecule has 0 radical (unpaired) electrons. The number of hydrogen-bond donors (Lipinski definition) is 3. The highest BCUT2D eigenvalue weighted by Crippen LogP contribution is 2.34. The Morgan fingerprint density at radius 2 is 2.00 bits per heavy atom. The molecule has 2 heterocycles. The molecular formula is C19H25ClN4O4. The standard InChI is InChI=1S/C19H25ClN4O4/c1-2-27-19(25)12-5-3-11(4-6-12)15-8-24(13(18(22)23)7-17(20)21)14-9-26-10-16(14)28-15/h3-7,14-16H,2,8-10,21-23H2,1H3/b17-7-. The maximum atomic E-state index is 11.9. The fourth-order valence-corrected chi connectivity index (χ4v) is 3.59. The highest BCUT2D eigenvalue weighted by molar-refractivity contribution is 6.29. The van der Waals surface area contributed by atoms with E-state index >= 15 is 0 Å². The predicted octanol–water partition coefficient (Wildman–Crippen LogP) is 1.13. The first kappa shape index (κ1) is 20.3. The number of halogens is 1. The number of benzene rings is 1. The Bertz CT molecular complexity index is 773. The van der Waals surface area contributed by atoms with Crippen molar-refractivity contribution in [3.05, 3.63) is 58.1 Å². The summed E-state index contributed by atoms with van der Waals surface area (Å²) in [5, 5.41) is 0.0840. The molecule has 3 atom stereocenters. The number of carbonyl (C=O) groups is 1. The van der Waals surface area contributed by atoms with Crippen LogP contribution in [0.1, 0.15) is 28.9 Å². The SMILES string of the molecule is CCOC(=O)c1ccc(C2CN(C(/C=C(\N)Cl)=C(N)N)C3COCC3O2)cc1. The first-order chi connectivity index (χ1) is 13.4. The number of hydrogen-bond acceptors (Lipinski definition) is 8. The van der Waals surface area contributed by atoms with E-state index in [0.717, 1.165) is 5.56 Å². The zero-order valence-electron chi connectivity index (χ0n) is 15.6. The Kier molecular flexibility index (Phi) is 6.33. The highest BCUT2D eigenvalue weighted by atomic mass is 35.5. The normalized spacial score (nSPS) is 24.6. The summed E-state index contributed by atoms with van der Waals surface area (Å²) in [4.78, 5) is 13.9. The molecular weight excluding hydrogens is 384 g/mol. The van der Waals surface area contributed by atoms with Crippen LogP contribution < -0.4 is 17.2 Å². The molecule has 0 saturated carbocycles. The van der Waals surface area contributed by atoms with Gasteiger partial charge >= 0.3 is 5.97 Å². The van der Waals surface area contributed by atoms with Gasteiger partial charge in [-0.1, -0.05) is 23.7 Å². The van der Waals surface area contributed by atoms with Gasteiger partial charge in [0, 0.05) is 6.54 Å². The van der Waals surface area contributed by atoms with E-state index in [1.807, 2.05) is 17.0 Å². The third-order valence-corrected chi connectivity index (χ3v) is 4.88. The molecule has 2 fully saturated rings. The van der Waals surface area contributed by atoms with E-state index < -0.39 is 0 Å². The van der Waals surface area contributed by atoms with Crippen molar-refractivity contribution in [2.45, 2.75) is 25.2 Å². The van der Waals surface area contributed by atoms with E-state index in [1.54, 1.807) is 25.1 Å². The summed E-state index contributed by atoms with van der Waals surface area (Å²) < 4.78 is 16.9. The van der Waals surface area contributed by atoms with Gasteiger partial charge in [0.25, 0.3) is 0 Å². The number of rotatable bonds is 5. The lowest BCUT2D eigenvalue weighted by Gasteiger charge is -2.43. The summed E-state index contributed by atoms with van der Waals surface area (Å²) in [7, 11) is 0. The van der Waals surface area contributed by atoms with Crippen molar-refractivity contribution >= 4 is 17.6 Å². The van der Waals surface area contributed by atoms with Gasteiger partial charge in [0.05, 0.1) is 37.1 Å². The Labute approximate surface area is 168 Å². The van der Waals surface area contributed by atoms with E-state index in [0.29, 0.717) is 37.6 Å². The number of ether oxygens (including phenoxy) is 3. The van der Waals surface area contributed by atoms with E-state index in [4.69, 9.17) is 43.0 Å². The van der Waals surface area contributed by atoms with E-state index in [2.05, 4.69) is 0 Å². The maximum Gasteiger partial charge on any atom is 0.338 e. The Morgan fingerprint density at radius 1 is 1.29 bits per heavy atom. The van der Waals surface area contributed by atoms with Gasteiger partial charge in [0.2, 0.25) is 0 Å². The highest BCUT2D eigenvalue weighted by Gasteiger charge is 2.42. The zero-order chi connectivity index (χ0) is 20.3. The van der Waals surface area contributed by atoms with Crippen LogP contribution in [0.15, 0.2) is 47.0 Å². The van der Waals surface area contributed by atoms with Crippen molar-refractivity contribution in [1.82, 2.24) is 4.90 Å². The van der Waals surface area contributed by atoms with Gasteiger partial charge < -0.3 is 36.3 Å². The van der Waals surface area contributed by atoms with Crippen molar-refractivity contribution in [1.29, 1.82) is 0 Å². The topological polar surface area (TPSA) is 126 Å². The average molecular weight is 409 g/mol. The van der Waals surface area contributed by atoms with Gasteiger partial charge in [0.15, 0.2) is 0 Å². The second-order valence-electron chi connectivity index (χ2n) is 6.63. The number of carbonyl (C=O) groups excluding carboxylic acids is 1. The summed E-state index contributed by atoms with van der Waals surface area (Å²) in [6.07, 6.45) is 1.12. The lowest BCUT2D eigenvalue weighted by molar-refractivity contribution is -0.0921. The predicted molar refractivity (Wildman–Crippen MR) is 105 cm³/mol. The summed E-state index contributed by atoms with van der Waals surface area (Å²) in [5.74, 6) is -0.235. The Hall–Kier alpha value is -2.42. The number of nitrogens with zero attached hydrogens (tertiary/aromatic N) is 1. The number of allylic oxidation sites excluding steroid dienone is 1. The van der Waals surface area contributed by atoms with Gasteiger partial charge in [-0.2, -0.15) is 0 Å². The molecule has 2 aliphatic rings. The molecule has 0 aliphatic carbocycles. The molecule has 2 aliphatic heterocycles. The Balaban J connectivity index is 1.86.